The van der Waals surface area contributed by atoms with Gasteiger partial charge >= 0.3 is 11.9 Å². The Hall–Kier alpha value is -4.02. The summed E-state index contributed by atoms with van der Waals surface area (Å²) in [6.45, 7) is 2.25. The van der Waals surface area contributed by atoms with Crippen LogP contribution in [0.3, 0.4) is 0 Å². The third kappa shape index (κ3) is 6.84. The molecule has 0 aliphatic rings. The molecular formula is C28H30N4O5S. The van der Waals surface area contributed by atoms with Crippen molar-refractivity contribution in [1.29, 1.82) is 0 Å². The van der Waals surface area contributed by atoms with Gasteiger partial charge in [0.05, 0.1) is 18.2 Å². The lowest BCUT2D eigenvalue weighted by molar-refractivity contribution is -0.140. The number of para-hydroxylation sites is 1. The molecule has 0 spiro atoms. The smallest absolute Gasteiger partial charge is 0.358 e. The first-order valence-corrected chi connectivity index (χ1v) is 13.3. The van der Waals surface area contributed by atoms with Gasteiger partial charge in [-0.3, -0.25) is 14.9 Å². The summed E-state index contributed by atoms with van der Waals surface area (Å²) < 4.78 is 5.04. The number of benzene rings is 2. The first-order valence-electron chi connectivity index (χ1n) is 12.4. The van der Waals surface area contributed by atoms with Crippen molar-refractivity contribution in [2.75, 3.05) is 13.2 Å². The fourth-order valence-electron chi connectivity index (χ4n) is 4.29. The number of aromatic amines is 1. The minimum atomic E-state index is -1.04. The summed E-state index contributed by atoms with van der Waals surface area (Å²) in [5.41, 5.74) is 4.52. The number of aliphatic carboxylic acids is 1. The molecule has 2 aromatic carbocycles. The highest BCUT2D eigenvalue weighted by molar-refractivity contribution is 7.09. The summed E-state index contributed by atoms with van der Waals surface area (Å²) in [6, 6.07) is 15.4. The number of carbonyl (C=O) groups is 3. The van der Waals surface area contributed by atoms with Crippen LogP contribution < -0.4 is 10.6 Å². The van der Waals surface area contributed by atoms with Crippen LogP contribution in [0, 0.1) is 0 Å². The standard InChI is InChI=1S/C28H30N4O5S/c1-2-37-28(36)25-24(38-17-31-25)12-13-29-26(33)22(14-18-8-4-3-5-9-18)32-23(27(34)35)15-19-16-30-21-11-7-6-10-20(19)21/h3-11,16-17,22-23,30,32H,2,12-15H2,1H3,(H,29,33)(H,34,35)/t22-,23-/m0/s1. The van der Waals surface area contributed by atoms with E-state index in [2.05, 4.69) is 20.6 Å². The Kier molecular flexibility index (Phi) is 9.23. The maximum Gasteiger partial charge on any atom is 0.358 e. The molecule has 4 N–H and O–H groups in total. The second-order valence-corrected chi connectivity index (χ2v) is 9.69. The number of ether oxygens (including phenoxy) is 1. The third-order valence-corrected chi connectivity index (χ3v) is 7.05. The Morgan fingerprint density at radius 3 is 2.58 bits per heavy atom. The van der Waals surface area contributed by atoms with Gasteiger partial charge in [0.2, 0.25) is 5.91 Å². The monoisotopic (exact) mass is 534 g/mol. The number of esters is 1. The van der Waals surface area contributed by atoms with Crippen LogP contribution in [0.5, 0.6) is 0 Å². The fraction of sp³-hybridized carbons (Fsp3) is 0.286. The minimum absolute atomic E-state index is 0.210. The van der Waals surface area contributed by atoms with Crippen molar-refractivity contribution in [2.45, 2.75) is 38.3 Å². The molecule has 2 aromatic heterocycles. The molecule has 0 aliphatic heterocycles. The van der Waals surface area contributed by atoms with Crippen molar-refractivity contribution >= 4 is 40.1 Å². The molecule has 198 valence electrons. The number of carbonyl (C=O) groups excluding carboxylic acids is 2. The van der Waals surface area contributed by atoms with E-state index in [1.54, 1.807) is 12.4 Å². The van der Waals surface area contributed by atoms with Gasteiger partial charge in [-0.2, -0.15) is 0 Å². The summed E-state index contributed by atoms with van der Waals surface area (Å²) in [7, 11) is 0. The van der Waals surface area contributed by atoms with E-state index < -0.39 is 24.0 Å². The van der Waals surface area contributed by atoms with E-state index in [4.69, 9.17) is 4.74 Å². The van der Waals surface area contributed by atoms with Gasteiger partial charge in [-0.05, 0) is 30.5 Å². The number of carboxylic acid groups (broad SMARTS) is 1. The third-order valence-electron chi connectivity index (χ3n) is 6.16. The molecule has 4 aromatic rings. The molecule has 2 heterocycles. The highest BCUT2D eigenvalue weighted by atomic mass is 32.1. The van der Waals surface area contributed by atoms with Gasteiger partial charge in [-0.25, -0.2) is 9.78 Å². The van der Waals surface area contributed by atoms with Crippen LogP contribution in [0.25, 0.3) is 10.9 Å². The maximum absolute atomic E-state index is 13.3. The topological polar surface area (TPSA) is 133 Å². The number of H-pyrrole nitrogens is 1. The number of nitrogens with one attached hydrogen (secondary N) is 3. The Balaban J connectivity index is 1.46. The number of aromatic nitrogens is 2. The van der Waals surface area contributed by atoms with Gasteiger partial charge in [0.1, 0.15) is 6.04 Å². The van der Waals surface area contributed by atoms with Gasteiger partial charge in [0.25, 0.3) is 0 Å². The number of rotatable bonds is 13. The van der Waals surface area contributed by atoms with Gasteiger partial charge in [0, 0.05) is 41.4 Å². The number of fused-ring (bicyclic) bond motifs is 1. The van der Waals surface area contributed by atoms with E-state index >= 15 is 0 Å². The molecule has 0 fully saturated rings. The average Bonchev–Trinajstić information content (AvgIpc) is 3.55. The first-order chi connectivity index (χ1) is 18.5. The lowest BCUT2D eigenvalue weighted by Gasteiger charge is -2.23. The number of nitrogens with zero attached hydrogens (tertiary/aromatic N) is 1. The molecular weight excluding hydrogens is 504 g/mol. The minimum Gasteiger partial charge on any atom is -0.480 e. The predicted octanol–water partition coefficient (Wildman–Crippen LogP) is 3.36. The van der Waals surface area contributed by atoms with Crippen molar-refractivity contribution in [3.63, 3.8) is 0 Å². The maximum atomic E-state index is 13.3. The van der Waals surface area contributed by atoms with Gasteiger partial charge in [0.15, 0.2) is 5.69 Å². The van der Waals surface area contributed by atoms with Crippen molar-refractivity contribution < 1.29 is 24.2 Å². The van der Waals surface area contributed by atoms with Crippen LogP contribution in [0.4, 0.5) is 0 Å². The van der Waals surface area contributed by atoms with Gasteiger partial charge < -0.3 is 20.1 Å². The molecule has 10 heteroatoms. The van der Waals surface area contributed by atoms with Crippen LogP contribution in [0.15, 0.2) is 66.3 Å². The number of carboxylic acids is 1. The zero-order valence-electron chi connectivity index (χ0n) is 21.0. The van der Waals surface area contributed by atoms with Crippen LogP contribution in [-0.2, 0) is 33.6 Å². The molecule has 0 unspecified atom stereocenters. The van der Waals surface area contributed by atoms with E-state index in [1.807, 2.05) is 60.8 Å². The summed E-state index contributed by atoms with van der Waals surface area (Å²) in [6.07, 6.45) is 2.74. The highest BCUT2D eigenvalue weighted by Crippen LogP contribution is 2.20. The Labute approximate surface area is 224 Å². The molecule has 2 atom stereocenters. The van der Waals surface area contributed by atoms with E-state index in [0.29, 0.717) is 12.8 Å². The normalized spacial score (nSPS) is 12.7. The lowest BCUT2D eigenvalue weighted by atomic mass is 10.0. The predicted molar refractivity (Wildman–Crippen MR) is 145 cm³/mol. The number of amides is 1. The van der Waals surface area contributed by atoms with Crippen molar-refractivity contribution in [2.24, 2.45) is 0 Å². The van der Waals surface area contributed by atoms with E-state index in [9.17, 15) is 19.5 Å². The number of thiazole rings is 1. The zero-order chi connectivity index (χ0) is 26.9. The number of hydrogen-bond acceptors (Lipinski definition) is 7. The first kappa shape index (κ1) is 27.0. The van der Waals surface area contributed by atoms with E-state index in [1.165, 1.54) is 11.3 Å². The molecule has 0 bridgehead atoms. The molecule has 0 saturated heterocycles. The van der Waals surface area contributed by atoms with Crippen molar-refractivity contribution in [3.8, 4) is 0 Å². The summed E-state index contributed by atoms with van der Waals surface area (Å²) in [4.78, 5) is 45.6. The Morgan fingerprint density at radius 2 is 1.82 bits per heavy atom. The van der Waals surface area contributed by atoms with Crippen LogP contribution in [0.1, 0.15) is 33.4 Å². The molecule has 1 amide bonds. The average molecular weight is 535 g/mol. The molecule has 38 heavy (non-hydrogen) atoms. The second-order valence-electron chi connectivity index (χ2n) is 8.75. The Morgan fingerprint density at radius 1 is 1.05 bits per heavy atom. The molecule has 0 aliphatic carbocycles. The van der Waals surface area contributed by atoms with Crippen molar-refractivity contribution in [1.82, 2.24) is 20.6 Å². The van der Waals surface area contributed by atoms with E-state index in [-0.39, 0.29) is 31.2 Å². The van der Waals surface area contributed by atoms with E-state index in [0.717, 1.165) is 26.9 Å². The second kappa shape index (κ2) is 13.0. The van der Waals surface area contributed by atoms with Gasteiger partial charge in [-0.1, -0.05) is 48.5 Å². The summed E-state index contributed by atoms with van der Waals surface area (Å²) >= 11 is 1.32. The van der Waals surface area contributed by atoms with Crippen LogP contribution in [0.2, 0.25) is 0 Å². The quantitative estimate of drug-likeness (QED) is 0.193. The lowest BCUT2D eigenvalue weighted by Crippen LogP contribution is -2.53. The van der Waals surface area contributed by atoms with Crippen molar-refractivity contribution in [3.05, 3.63) is 88.0 Å². The fourth-order valence-corrected chi connectivity index (χ4v) is 5.05. The van der Waals surface area contributed by atoms with Gasteiger partial charge in [-0.15, -0.1) is 11.3 Å². The summed E-state index contributed by atoms with van der Waals surface area (Å²) in [5.74, 6) is -1.84. The zero-order valence-corrected chi connectivity index (χ0v) is 21.8. The van der Waals surface area contributed by atoms with Crippen LogP contribution in [-0.4, -0.2) is 58.2 Å². The SMILES string of the molecule is CCOC(=O)c1ncsc1CCNC(=O)[C@H](Cc1ccccc1)N[C@@H](Cc1c[nH]c2ccccc12)C(=O)O. The molecule has 0 saturated carbocycles. The van der Waals surface area contributed by atoms with Crippen LogP contribution >= 0.6 is 11.3 Å². The Bertz CT molecular complexity index is 1380. The molecule has 0 radical (unpaired) electrons. The highest BCUT2D eigenvalue weighted by Gasteiger charge is 2.27. The molecule has 4 rings (SSSR count). The number of hydrogen-bond donors (Lipinski definition) is 4. The molecule has 9 nitrogen and oxygen atoms in total. The largest absolute Gasteiger partial charge is 0.480 e. The summed E-state index contributed by atoms with van der Waals surface area (Å²) in [5, 5.41) is 16.9.